The van der Waals surface area contributed by atoms with Crippen molar-refractivity contribution in [3.05, 3.63) is 24.3 Å². The number of anilines is 1. The molecule has 3 rings (SSSR count). The Labute approximate surface area is 148 Å². The fraction of sp³-hybridized carbons (Fsp3) is 0.467. The van der Waals surface area contributed by atoms with E-state index in [0.717, 1.165) is 0 Å². The maximum atomic E-state index is 12.3. The summed E-state index contributed by atoms with van der Waals surface area (Å²) in [5.41, 5.74) is 0.384. The number of amides is 1. The van der Waals surface area contributed by atoms with E-state index in [9.17, 15) is 26.4 Å². The van der Waals surface area contributed by atoms with E-state index >= 15 is 0 Å². The number of hydrogen-bond acceptors (Lipinski definition) is 5. The van der Waals surface area contributed by atoms with E-state index < -0.39 is 34.7 Å². The van der Waals surface area contributed by atoms with Crippen LogP contribution < -0.4 is 10.6 Å². The Hall–Kier alpha value is -2.14. The number of halogens is 3. The molecule has 0 aliphatic carbocycles. The van der Waals surface area contributed by atoms with E-state index in [1.54, 1.807) is 23.1 Å². The molecule has 1 amide bonds. The summed E-state index contributed by atoms with van der Waals surface area (Å²) in [5, 5.41) is 4.79. The van der Waals surface area contributed by atoms with Crippen LogP contribution in [0.2, 0.25) is 0 Å². The van der Waals surface area contributed by atoms with Gasteiger partial charge in [-0.2, -0.15) is 21.6 Å². The number of rotatable bonds is 4. The number of hydrogen-bond donors (Lipinski definition) is 2. The number of sulfonamides is 1. The van der Waals surface area contributed by atoms with Crippen molar-refractivity contribution >= 4 is 27.5 Å². The number of nitrogens with zero attached hydrogens (tertiary/aromatic N) is 2. The first kappa shape index (κ1) is 18.6. The zero-order valence-corrected chi connectivity index (χ0v) is 14.4. The van der Waals surface area contributed by atoms with Crippen LogP contribution in [0.3, 0.4) is 0 Å². The largest absolute Gasteiger partial charge is 0.405 e. The smallest absolute Gasteiger partial charge is 0.346 e. The minimum atomic E-state index is -4.48. The number of carbonyl (C=O) groups is 1. The summed E-state index contributed by atoms with van der Waals surface area (Å²) in [7, 11) is -3.85. The van der Waals surface area contributed by atoms with Gasteiger partial charge in [0, 0.05) is 0 Å². The van der Waals surface area contributed by atoms with Crippen molar-refractivity contribution in [1.82, 2.24) is 10.2 Å². The molecule has 1 aromatic rings. The van der Waals surface area contributed by atoms with Gasteiger partial charge in [-0.1, -0.05) is 12.1 Å². The van der Waals surface area contributed by atoms with Gasteiger partial charge in [0.1, 0.15) is 17.3 Å². The first-order chi connectivity index (χ1) is 12.2. The summed E-state index contributed by atoms with van der Waals surface area (Å²) in [6.07, 6.45) is -3.45. The molecule has 11 heteroatoms. The monoisotopic (exact) mass is 390 g/mol. The summed E-state index contributed by atoms with van der Waals surface area (Å²) >= 11 is 0. The van der Waals surface area contributed by atoms with E-state index in [-0.39, 0.29) is 17.3 Å². The standard InChI is InChI=1S/C15H17F3N4O3S/c16-15(17,18)9-19-14(23)11-5-3-7-22(11)8-13-20-10-4-1-2-6-12(10)26(24,25)21-13/h1-2,4,6,11H,3,5,7-9H2,(H,19,23)(H,20,21). The number of likely N-dealkylation sites (tertiary alicyclic amines) is 1. The molecule has 0 aromatic heterocycles. The lowest BCUT2D eigenvalue weighted by atomic mass is 10.2. The lowest BCUT2D eigenvalue weighted by Gasteiger charge is -2.26. The molecule has 1 unspecified atom stereocenters. The Morgan fingerprint density at radius 1 is 1.35 bits per heavy atom. The minimum absolute atomic E-state index is 0.0255. The molecule has 1 saturated heterocycles. The van der Waals surface area contributed by atoms with E-state index in [0.29, 0.717) is 25.1 Å². The Balaban J connectivity index is 1.70. The molecule has 0 bridgehead atoms. The summed E-state index contributed by atoms with van der Waals surface area (Å²) in [5.74, 6) is -0.585. The maximum Gasteiger partial charge on any atom is 0.405 e. The molecule has 2 aliphatic rings. The van der Waals surface area contributed by atoms with Crippen LogP contribution in [0.4, 0.5) is 18.9 Å². The lowest BCUT2D eigenvalue weighted by molar-refractivity contribution is -0.140. The summed E-state index contributed by atoms with van der Waals surface area (Å²) < 4.78 is 65.0. The van der Waals surface area contributed by atoms with Crippen molar-refractivity contribution in [3.63, 3.8) is 0 Å². The predicted octanol–water partition coefficient (Wildman–Crippen LogP) is 1.34. The Bertz CT molecular complexity index is 839. The number of para-hydroxylation sites is 1. The lowest BCUT2D eigenvalue weighted by Crippen LogP contribution is -2.48. The van der Waals surface area contributed by atoms with Gasteiger partial charge in [0.25, 0.3) is 10.0 Å². The van der Waals surface area contributed by atoms with Crippen molar-refractivity contribution in [2.24, 2.45) is 4.40 Å². The van der Waals surface area contributed by atoms with Gasteiger partial charge in [-0.15, -0.1) is 4.40 Å². The highest BCUT2D eigenvalue weighted by Crippen LogP contribution is 2.27. The third-order valence-electron chi connectivity index (χ3n) is 4.16. The third kappa shape index (κ3) is 4.15. The first-order valence-corrected chi connectivity index (χ1v) is 9.38. The van der Waals surface area contributed by atoms with Crippen molar-refractivity contribution in [2.45, 2.75) is 30.0 Å². The molecule has 1 aromatic carbocycles. The molecule has 2 aliphatic heterocycles. The Morgan fingerprint density at radius 2 is 2.08 bits per heavy atom. The van der Waals surface area contributed by atoms with Gasteiger partial charge in [-0.3, -0.25) is 9.69 Å². The van der Waals surface area contributed by atoms with Crippen molar-refractivity contribution < 1.29 is 26.4 Å². The Kier molecular flexibility index (Phi) is 4.93. The topological polar surface area (TPSA) is 90.9 Å². The quantitative estimate of drug-likeness (QED) is 0.810. The normalized spacial score (nSPS) is 22.3. The number of nitrogens with one attached hydrogen (secondary N) is 2. The highest BCUT2D eigenvalue weighted by atomic mass is 32.2. The molecule has 2 N–H and O–H groups in total. The molecule has 2 heterocycles. The number of alkyl halides is 3. The van der Waals surface area contributed by atoms with E-state index in [4.69, 9.17) is 0 Å². The second kappa shape index (κ2) is 6.88. The van der Waals surface area contributed by atoms with Gasteiger partial charge in [0.05, 0.1) is 18.3 Å². The molecule has 0 radical (unpaired) electrons. The summed E-state index contributed by atoms with van der Waals surface area (Å²) in [4.78, 5) is 13.7. The molecule has 0 saturated carbocycles. The highest BCUT2D eigenvalue weighted by Gasteiger charge is 2.35. The molecule has 7 nitrogen and oxygen atoms in total. The molecular weight excluding hydrogens is 373 g/mol. The second-order valence-electron chi connectivity index (χ2n) is 6.10. The van der Waals surface area contributed by atoms with Gasteiger partial charge < -0.3 is 10.6 Å². The maximum absolute atomic E-state index is 12.3. The van der Waals surface area contributed by atoms with Gasteiger partial charge >= 0.3 is 6.18 Å². The second-order valence-corrected chi connectivity index (χ2v) is 7.67. The Morgan fingerprint density at radius 3 is 2.81 bits per heavy atom. The van der Waals surface area contributed by atoms with Crippen molar-refractivity contribution in [3.8, 4) is 0 Å². The van der Waals surface area contributed by atoms with Crippen LogP contribution >= 0.6 is 0 Å². The van der Waals surface area contributed by atoms with Gasteiger partial charge in [0.15, 0.2) is 0 Å². The molecule has 1 atom stereocenters. The van der Waals surface area contributed by atoms with Crippen LogP contribution in [-0.2, 0) is 14.8 Å². The van der Waals surface area contributed by atoms with Crippen LogP contribution in [0.1, 0.15) is 12.8 Å². The number of amidine groups is 1. The molecule has 1 fully saturated rings. The number of carbonyl (C=O) groups excluding carboxylic acids is 1. The van der Waals surface area contributed by atoms with Crippen LogP contribution in [0.5, 0.6) is 0 Å². The average Bonchev–Trinajstić information content (AvgIpc) is 2.99. The first-order valence-electron chi connectivity index (χ1n) is 7.94. The number of fused-ring (bicyclic) bond motifs is 1. The van der Waals surface area contributed by atoms with E-state index in [1.807, 2.05) is 5.32 Å². The number of benzene rings is 1. The zero-order chi connectivity index (χ0) is 18.9. The van der Waals surface area contributed by atoms with Gasteiger partial charge in [-0.05, 0) is 31.5 Å². The van der Waals surface area contributed by atoms with Crippen LogP contribution in [0.25, 0.3) is 0 Å². The fourth-order valence-electron chi connectivity index (χ4n) is 3.05. The molecule has 142 valence electrons. The van der Waals surface area contributed by atoms with Crippen molar-refractivity contribution in [2.75, 3.05) is 25.0 Å². The summed E-state index contributed by atoms with van der Waals surface area (Å²) in [6, 6.07) is 5.54. The SMILES string of the molecule is O=C(NCC(F)(F)F)C1CCCN1CC1=NS(=O)(=O)c2ccccc2N1. The van der Waals surface area contributed by atoms with E-state index in [1.165, 1.54) is 6.07 Å². The van der Waals surface area contributed by atoms with Crippen LogP contribution in [-0.4, -0.2) is 56.9 Å². The van der Waals surface area contributed by atoms with Gasteiger partial charge in [-0.25, -0.2) is 0 Å². The molecule has 0 spiro atoms. The molecular formula is C15H17F3N4O3S. The van der Waals surface area contributed by atoms with Crippen LogP contribution in [0, 0.1) is 0 Å². The minimum Gasteiger partial charge on any atom is -0.346 e. The van der Waals surface area contributed by atoms with Gasteiger partial charge in [0.2, 0.25) is 5.91 Å². The third-order valence-corrected chi connectivity index (χ3v) is 5.53. The zero-order valence-electron chi connectivity index (χ0n) is 13.6. The highest BCUT2D eigenvalue weighted by molar-refractivity contribution is 7.90. The fourth-order valence-corrected chi connectivity index (χ4v) is 4.18. The van der Waals surface area contributed by atoms with Crippen molar-refractivity contribution in [1.29, 1.82) is 0 Å². The average molecular weight is 390 g/mol. The van der Waals surface area contributed by atoms with E-state index in [2.05, 4.69) is 9.71 Å². The molecule has 26 heavy (non-hydrogen) atoms. The predicted molar refractivity (Wildman–Crippen MR) is 88.3 cm³/mol. The summed E-state index contributed by atoms with van der Waals surface area (Å²) in [6.45, 7) is -0.901. The van der Waals surface area contributed by atoms with Crippen LogP contribution in [0.15, 0.2) is 33.6 Å².